The van der Waals surface area contributed by atoms with Crippen molar-refractivity contribution in [1.82, 2.24) is 13.5 Å². The zero-order valence-electron chi connectivity index (χ0n) is 18.4. The van der Waals surface area contributed by atoms with E-state index in [9.17, 15) is 16.8 Å². The molecule has 0 unspecified atom stereocenters. The van der Waals surface area contributed by atoms with Gasteiger partial charge in [0.1, 0.15) is 0 Å². The quantitative estimate of drug-likeness (QED) is 0.663. The Hall–Kier alpha value is -1.00. The molecular formula is C22H35N3O4S2. The molecule has 2 saturated heterocycles. The standard InChI is InChI=1S/C22H35N3O4S2/c1-19-7-5-6-14-25(19)31(28,29)22-12-10-21(11-13-22)30(26,27)24-17-15-23(16-18-24)20-8-3-2-4-9-20/h10-13,19-20H,2-9,14-18H2,1H3/t19-/m0/s1. The van der Waals surface area contributed by atoms with Crippen LogP contribution < -0.4 is 0 Å². The smallest absolute Gasteiger partial charge is 0.243 e. The molecule has 174 valence electrons. The van der Waals surface area contributed by atoms with E-state index in [0.717, 1.165) is 32.4 Å². The van der Waals surface area contributed by atoms with E-state index in [2.05, 4.69) is 4.90 Å². The number of hydrogen-bond acceptors (Lipinski definition) is 5. The van der Waals surface area contributed by atoms with Gasteiger partial charge in [0.25, 0.3) is 0 Å². The normalized spacial score (nSPS) is 26.2. The molecule has 0 spiro atoms. The number of sulfonamides is 2. The average molecular weight is 470 g/mol. The Bertz CT molecular complexity index is 949. The topological polar surface area (TPSA) is 78.0 Å². The number of nitrogens with zero attached hydrogens (tertiary/aromatic N) is 3. The van der Waals surface area contributed by atoms with E-state index in [1.54, 1.807) is 8.61 Å². The molecule has 7 nitrogen and oxygen atoms in total. The fraction of sp³-hybridized carbons (Fsp3) is 0.727. The molecule has 31 heavy (non-hydrogen) atoms. The fourth-order valence-electron chi connectivity index (χ4n) is 5.25. The number of piperidine rings is 1. The van der Waals surface area contributed by atoms with Gasteiger partial charge in [-0.05, 0) is 56.9 Å². The molecule has 4 rings (SSSR count). The Morgan fingerprint density at radius 1 is 0.677 bits per heavy atom. The predicted molar refractivity (Wildman–Crippen MR) is 121 cm³/mol. The summed E-state index contributed by atoms with van der Waals surface area (Å²) in [6, 6.07) is 6.36. The summed E-state index contributed by atoms with van der Waals surface area (Å²) in [6.45, 7) is 4.97. The molecule has 1 aromatic rings. The molecule has 0 N–H and O–H groups in total. The third-order valence-electron chi connectivity index (χ3n) is 7.17. The van der Waals surface area contributed by atoms with Crippen molar-refractivity contribution >= 4 is 20.0 Å². The molecule has 2 heterocycles. The summed E-state index contributed by atoms with van der Waals surface area (Å²) < 4.78 is 55.4. The van der Waals surface area contributed by atoms with Crippen LogP contribution >= 0.6 is 0 Å². The second-order valence-electron chi connectivity index (χ2n) is 9.16. The second kappa shape index (κ2) is 9.47. The molecule has 0 amide bonds. The molecule has 0 radical (unpaired) electrons. The Balaban J connectivity index is 1.43. The van der Waals surface area contributed by atoms with Gasteiger partial charge in [0.2, 0.25) is 20.0 Å². The van der Waals surface area contributed by atoms with Crippen molar-refractivity contribution in [3.63, 3.8) is 0 Å². The Labute approximate surface area is 187 Å². The highest BCUT2D eigenvalue weighted by atomic mass is 32.2. The van der Waals surface area contributed by atoms with Gasteiger partial charge in [-0.25, -0.2) is 16.8 Å². The highest BCUT2D eigenvalue weighted by Crippen LogP contribution is 2.28. The summed E-state index contributed by atoms with van der Waals surface area (Å²) in [5.74, 6) is 0. The van der Waals surface area contributed by atoms with E-state index in [0.29, 0.717) is 25.7 Å². The molecule has 3 aliphatic rings. The van der Waals surface area contributed by atoms with Gasteiger partial charge in [0.15, 0.2) is 0 Å². The van der Waals surface area contributed by atoms with Gasteiger partial charge in [0, 0.05) is 44.8 Å². The molecule has 9 heteroatoms. The van der Waals surface area contributed by atoms with E-state index in [1.165, 1.54) is 56.4 Å². The molecule has 0 aromatic heterocycles. The minimum Gasteiger partial charge on any atom is -0.298 e. The first-order chi connectivity index (χ1) is 14.8. The Morgan fingerprint density at radius 2 is 1.23 bits per heavy atom. The van der Waals surface area contributed by atoms with E-state index < -0.39 is 20.0 Å². The van der Waals surface area contributed by atoms with Crippen LogP contribution in [0, 0.1) is 0 Å². The molecule has 1 atom stereocenters. The van der Waals surface area contributed by atoms with Crippen molar-refractivity contribution < 1.29 is 16.8 Å². The van der Waals surface area contributed by atoms with Gasteiger partial charge in [-0.2, -0.15) is 8.61 Å². The van der Waals surface area contributed by atoms with Crippen LogP contribution in [0.2, 0.25) is 0 Å². The zero-order valence-corrected chi connectivity index (χ0v) is 20.1. The van der Waals surface area contributed by atoms with Gasteiger partial charge in [-0.15, -0.1) is 0 Å². The van der Waals surface area contributed by atoms with Crippen molar-refractivity contribution in [3.05, 3.63) is 24.3 Å². The Morgan fingerprint density at radius 3 is 1.81 bits per heavy atom. The van der Waals surface area contributed by atoms with Gasteiger partial charge in [-0.3, -0.25) is 4.90 Å². The number of benzene rings is 1. The van der Waals surface area contributed by atoms with Crippen molar-refractivity contribution in [2.24, 2.45) is 0 Å². The molecule has 1 aliphatic carbocycles. The lowest BCUT2D eigenvalue weighted by atomic mass is 9.94. The lowest BCUT2D eigenvalue weighted by Gasteiger charge is -2.40. The summed E-state index contributed by atoms with van der Waals surface area (Å²) in [6.07, 6.45) is 9.06. The minimum atomic E-state index is -3.62. The van der Waals surface area contributed by atoms with E-state index in [1.807, 2.05) is 6.92 Å². The van der Waals surface area contributed by atoms with Crippen LogP contribution in [0.15, 0.2) is 34.1 Å². The summed E-state index contributed by atoms with van der Waals surface area (Å²) >= 11 is 0. The van der Waals surface area contributed by atoms with Gasteiger partial charge >= 0.3 is 0 Å². The first kappa shape index (κ1) is 23.2. The van der Waals surface area contributed by atoms with E-state index in [-0.39, 0.29) is 15.8 Å². The maximum absolute atomic E-state index is 13.1. The summed E-state index contributed by atoms with van der Waals surface area (Å²) in [4.78, 5) is 2.78. The van der Waals surface area contributed by atoms with Crippen LogP contribution in [-0.2, 0) is 20.0 Å². The Kier molecular flexibility index (Phi) is 7.08. The zero-order chi connectivity index (χ0) is 22.1. The SMILES string of the molecule is C[C@H]1CCCCN1S(=O)(=O)c1ccc(S(=O)(=O)N2CCN(C3CCCCC3)CC2)cc1. The van der Waals surface area contributed by atoms with Crippen LogP contribution in [-0.4, -0.2) is 75.2 Å². The van der Waals surface area contributed by atoms with Gasteiger partial charge in [-0.1, -0.05) is 25.7 Å². The van der Waals surface area contributed by atoms with Crippen LogP contribution in [0.4, 0.5) is 0 Å². The molecule has 0 bridgehead atoms. The highest BCUT2D eigenvalue weighted by molar-refractivity contribution is 7.89. The fourth-order valence-corrected chi connectivity index (χ4v) is 8.37. The number of hydrogen-bond donors (Lipinski definition) is 0. The summed E-state index contributed by atoms with van der Waals surface area (Å²) in [5, 5.41) is 0. The second-order valence-corrected chi connectivity index (χ2v) is 13.0. The van der Waals surface area contributed by atoms with Crippen LogP contribution in [0.5, 0.6) is 0 Å². The first-order valence-corrected chi connectivity index (χ1v) is 14.5. The van der Waals surface area contributed by atoms with Crippen LogP contribution in [0.1, 0.15) is 58.3 Å². The molecule has 2 aliphatic heterocycles. The van der Waals surface area contributed by atoms with Crippen molar-refractivity contribution in [1.29, 1.82) is 0 Å². The van der Waals surface area contributed by atoms with Crippen molar-refractivity contribution in [2.75, 3.05) is 32.7 Å². The molecule has 1 saturated carbocycles. The van der Waals surface area contributed by atoms with E-state index in [4.69, 9.17) is 0 Å². The summed E-state index contributed by atoms with van der Waals surface area (Å²) in [5.41, 5.74) is 0. The monoisotopic (exact) mass is 469 g/mol. The maximum Gasteiger partial charge on any atom is 0.243 e. The molecular weight excluding hydrogens is 434 g/mol. The first-order valence-electron chi connectivity index (χ1n) is 11.7. The third kappa shape index (κ3) is 4.85. The maximum atomic E-state index is 13.1. The predicted octanol–water partition coefficient (Wildman–Crippen LogP) is 2.89. The van der Waals surface area contributed by atoms with Crippen LogP contribution in [0.3, 0.4) is 0 Å². The third-order valence-corrected chi connectivity index (χ3v) is 11.1. The van der Waals surface area contributed by atoms with Crippen LogP contribution in [0.25, 0.3) is 0 Å². The van der Waals surface area contributed by atoms with Crippen molar-refractivity contribution in [3.8, 4) is 0 Å². The average Bonchev–Trinajstić information content (AvgIpc) is 2.80. The lowest BCUT2D eigenvalue weighted by molar-refractivity contribution is 0.111. The highest BCUT2D eigenvalue weighted by Gasteiger charge is 2.33. The molecule has 3 fully saturated rings. The molecule has 1 aromatic carbocycles. The minimum absolute atomic E-state index is 0.0254. The largest absolute Gasteiger partial charge is 0.298 e. The summed E-state index contributed by atoms with van der Waals surface area (Å²) in [7, 11) is -7.22. The van der Waals surface area contributed by atoms with Gasteiger partial charge < -0.3 is 0 Å². The van der Waals surface area contributed by atoms with Crippen molar-refractivity contribution in [2.45, 2.75) is 80.2 Å². The lowest BCUT2D eigenvalue weighted by Crippen LogP contribution is -2.52. The van der Waals surface area contributed by atoms with E-state index >= 15 is 0 Å². The van der Waals surface area contributed by atoms with Gasteiger partial charge in [0.05, 0.1) is 9.79 Å². The number of rotatable bonds is 5. The number of piperazine rings is 1.